The van der Waals surface area contributed by atoms with Crippen LogP contribution in [-0.2, 0) is 12.8 Å². The van der Waals surface area contributed by atoms with Crippen LogP contribution in [0.25, 0.3) is 11.4 Å². The van der Waals surface area contributed by atoms with Crippen LogP contribution in [0.2, 0.25) is 0 Å². The summed E-state index contributed by atoms with van der Waals surface area (Å²) in [6.07, 6.45) is 4.17. The minimum absolute atomic E-state index is 0.176. The molecule has 6 aliphatic rings. The fourth-order valence-corrected chi connectivity index (χ4v) is 7.44. The maximum atomic E-state index is 13.8. The van der Waals surface area contributed by atoms with E-state index in [4.69, 9.17) is 0 Å². The van der Waals surface area contributed by atoms with E-state index in [9.17, 15) is 10.4 Å². The Morgan fingerprint density at radius 2 is 1.10 bits per heavy atom. The zero-order chi connectivity index (χ0) is 21.3. The molecular formula is C26H32N2O2. The third kappa shape index (κ3) is 1.99. The largest absolute Gasteiger partial charge is 0.618 e. The molecule has 4 bridgehead atoms. The second-order valence-corrected chi connectivity index (χ2v) is 11.8. The van der Waals surface area contributed by atoms with Crippen molar-refractivity contribution in [3.63, 3.8) is 0 Å². The van der Waals surface area contributed by atoms with Crippen molar-refractivity contribution in [3.8, 4) is 11.4 Å². The van der Waals surface area contributed by atoms with E-state index in [-0.39, 0.29) is 10.8 Å². The summed E-state index contributed by atoms with van der Waals surface area (Å²) in [7, 11) is 0. The summed E-state index contributed by atoms with van der Waals surface area (Å²) in [5.41, 5.74) is 7.59. The van der Waals surface area contributed by atoms with Gasteiger partial charge in [-0.15, -0.1) is 0 Å². The Morgan fingerprint density at radius 3 is 1.43 bits per heavy atom. The molecule has 2 fully saturated rings. The molecular weight excluding hydrogens is 372 g/mol. The highest BCUT2D eigenvalue weighted by Gasteiger charge is 2.58. The number of rotatable bonds is 1. The highest BCUT2D eigenvalue weighted by atomic mass is 16.5. The number of aryl methyl sites for hydroxylation is 2. The van der Waals surface area contributed by atoms with E-state index < -0.39 is 0 Å². The number of nitrogens with zero attached hydrogens (tertiary/aromatic N) is 2. The van der Waals surface area contributed by atoms with Crippen LogP contribution in [-0.4, -0.2) is 0 Å². The first-order valence-electron chi connectivity index (χ1n) is 11.6. The van der Waals surface area contributed by atoms with E-state index in [0.717, 1.165) is 57.7 Å². The predicted molar refractivity (Wildman–Crippen MR) is 116 cm³/mol. The molecule has 8 rings (SSSR count). The van der Waals surface area contributed by atoms with Crippen molar-refractivity contribution >= 4 is 0 Å². The van der Waals surface area contributed by atoms with E-state index in [1.165, 1.54) is 11.1 Å². The predicted octanol–water partition coefficient (Wildman–Crippen LogP) is 4.61. The first-order chi connectivity index (χ1) is 14.0. The highest BCUT2D eigenvalue weighted by Crippen LogP contribution is 2.62. The molecule has 0 aromatic carbocycles. The van der Waals surface area contributed by atoms with Crippen molar-refractivity contribution in [3.05, 3.63) is 56.2 Å². The summed E-state index contributed by atoms with van der Waals surface area (Å²) < 4.78 is 2.29. The van der Waals surface area contributed by atoms with Crippen molar-refractivity contribution in [1.29, 1.82) is 0 Å². The van der Waals surface area contributed by atoms with Crippen LogP contribution in [0.15, 0.2) is 12.1 Å². The van der Waals surface area contributed by atoms with E-state index in [1.54, 1.807) is 0 Å². The lowest BCUT2D eigenvalue weighted by atomic mass is 9.48. The molecule has 0 aliphatic heterocycles. The SMILES string of the molecule is Cc1cc2c([n+]([O-])c1-c1c(C)cc3c([n+]1[O-])[C@@H]1C[C@H](C3)C1(C)C)[C@@H]1C[C@H](C2)C1(C)C. The molecule has 2 aromatic rings. The quantitative estimate of drug-likeness (QED) is 0.515. The molecule has 0 N–H and O–H groups in total. The first-order valence-corrected chi connectivity index (χ1v) is 11.6. The lowest BCUT2D eigenvalue weighted by Crippen LogP contribution is -2.56. The third-order valence-electron chi connectivity index (χ3n) is 9.79. The van der Waals surface area contributed by atoms with Gasteiger partial charge in [0.15, 0.2) is 11.4 Å². The van der Waals surface area contributed by atoms with E-state index in [2.05, 4.69) is 39.8 Å². The molecule has 0 saturated heterocycles. The average molecular weight is 405 g/mol. The standard InChI is InChI=1S/C26H32N2O2/c1-13-7-15-9-17-11-19(25(17,3)4)23(15)27(29)21(13)22-14(2)8-16-10-18-12-20(26(18,5)6)24(16)28(22)30/h7-8,17-20H,9-12H2,1-6H3/t17-,18-,19-,20-/m0/s1. The van der Waals surface area contributed by atoms with Crippen LogP contribution < -0.4 is 9.46 Å². The number of aromatic nitrogens is 2. The van der Waals surface area contributed by atoms with Crippen LogP contribution >= 0.6 is 0 Å². The van der Waals surface area contributed by atoms with Gasteiger partial charge >= 0.3 is 0 Å². The van der Waals surface area contributed by atoms with Crippen LogP contribution in [0.4, 0.5) is 0 Å². The summed E-state index contributed by atoms with van der Waals surface area (Å²) in [6, 6.07) is 4.38. The minimum Gasteiger partial charge on any atom is -0.618 e. The van der Waals surface area contributed by atoms with Gasteiger partial charge in [-0.1, -0.05) is 27.7 Å². The number of pyridine rings is 2. The molecule has 0 amide bonds. The zero-order valence-corrected chi connectivity index (χ0v) is 19.0. The van der Waals surface area contributed by atoms with Gasteiger partial charge in [0.25, 0.3) is 11.4 Å². The summed E-state index contributed by atoms with van der Waals surface area (Å²) in [5, 5.41) is 27.6. The molecule has 6 aliphatic carbocycles. The maximum Gasteiger partial charge on any atom is 0.293 e. The zero-order valence-electron chi connectivity index (χ0n) is 19.0. The van der Waals surface area contributed by atoms with Gasteiger partial charge in [-0.2, -0.15) is 9.46 Å². The van der Waals surface area contributed by atoms with Gasteiger partial charge < -0.3 is 10.4 Å². The molecule has 30 heavy (non-hydrogen) atoms. The molecule has 2 saturated carbocycles. The molecule has 4 heteroatoms. The second kappa shape index (κ2) is 5.38. The smallest absolute Gasteiger partial charge is 0.293 e. The average Bonchev–Trinajstić information content (AvgIpc) is 2.68. The molecule has 0 unspecified atom stereocenters. The van der Waals surface area contributed by atoms with Crippen molar-refractivity contribution in [1.82, 2.24) is 0 Å². The monoisotopic (exact) mass is 404 g/mol. The molecule has 2 heterocycles. The summed E-state index contributed by atoms with van der Waals surface area (Å²) in [5.74, 6) is 1.94. The van der Waals surface area contributed by atoms with Crippen molar-refractivity contribution in [2.24, 2.45) is 22.7 Å². The van der Waals surface area contributed by atoms with Gasteiger partial charge in [-0.05, 0) is 74.3 Å². The Labute approximate surface area is 179 Å². The molecule has 0 radical (unpaired) electrons. The maximum absolute atomic E-state index is 13.8. The minimum atomic E-state index is 0.176. The van der Waals surface area contributed by atoms with E-state index >= 15 is 0 Å². The van der Waals surface area contributed by atoms with Crippen molar-refractivity contribution < 1.29 is 9.46 Å². The molecule has 0 spiro atoms. The Morgan fingerprint density at radius 1 is 0.733 bits per heavy atom. The summed E-state index contributed by atoms with van der Waals surface area (Å²) in [4.78, 5) is 0. The van der Waals surface area contributed by atoms with Crippen LogP contribution in [0.1, 0.15) is 86.0 Å². The van der Waals surface area contributed by atoms with Crippen LogP contribution in [0, 0.1) is 46.9 Å². The highest BCUT2D eigenvalue weighted by molar-refractivity contribution is 5.59. The van der Waals surface area contributed by atoms with Gasteiger partial charge in [0.1, 0.15) is 0 Å². The topological polar surface area (TPSA) is 53.9 Å². The first kappa shape index (κ1) is 18.7. The van der Waals surface area contributed by atoms with E-state index in [0.29, 0.717) is 35.1 Å². The van der Waals surface area contributed by atoms with Crippen LogP contribution in [0.3, 0.4) is 0 Å². The lowest BCUT2D eigenvalue weighted by Gasteiger charge is -2.55. The number of hydrogen-bond donors (Lipinski definition) is 0. The Hall–Kier alpha value is -2.10. The van der Waals surface area contributed by atoms with Crippen molar-refractivity contribution in [2.75, 3.05) is 0 Å². The summed E-state index contributed by atoms with van der Waals surface area (Å²) in [6.45, 7) is 13.2. The third-order valence-corrected chi connectivity index (χ3v) is 9.79. The van der Waals surface area contributed by atoms with Gasteiger partial charge in [-0.3, -0.25) is 0 Å². The Kier molecular flexibility index (Phi) is 3.35. The number of hydrogen-bond acceptors (Lipinski definition) is 2. The molecule has 4 atom stereocenters. The van der Waals surface area contributed by atoms with E-state index in [1.807, 2.05) is 13.8 Å². The van der Waals surface area contributed by atoms with Gasteiger partial charge in [0.2, 0.25) is 0 Å². The van der Waals surface area contributed by atoms with Crippen molar-refractivity contribution in [2.45, 2.75) is 79.1 Å². The second-order valence-electron chi connectivity index (χ2n) is 11.8. The normalized spacial score (nSPS) is 31.3. The van der Waals surface area contributed by atoms with Gasteiger partial charge in [0, 0.05) is 22.3 Å². The molecule has 2 aromatic heterocycles. The molecule has 4 nitrogen and oxygen atoms in total. The van der Waals surface area contributed by atoms with Crippen LogP contribution in [0.5, 0.6) is 0 Å². The molecule has 158 valence electrons. The summed E-state index contributed by atoms with van der Waals surface area (Å²) >= 11 is 0. The van der Waals surface area contributed by atoms with Gasteiger partial charge in [0.05, 0.1) is 11.8 Å². The Bertz CT molecular complexity index is 1040. The van der Waals surface area contributed by atoms with Gasteiger partial charge in [-0.25, -0.2) is 0 Å². The lowest BCUT2D eigenvalue weighted by molar-refractivity contribution is -0.639. The fourth-order valence-electron chi connectivity index (χ4n) is 7.44. The Balaban J connectivity index is 1.58. The fraction of sp³-hybridized carbons (Fsp3) is 0.615.